The molecule has 0 bridgehead atoms. The van der Waals surface area contributed by atoms with E-state index in [-0.39, 0.29) is 0 Å². The molecular formula is C20H20N4O4S. The number of hydrogen-bond donors (Lipinski definition) is 0. The lowest BCUT2D eigenvalue weighted by Gasteiger charge is -2.21. The Morgan fingerprint density at radius 2 is 1.69 bits per heavy atom. The summed E-state index contributed by atoms with van der Waals surface area (Å²) in [4.78, 5) is 8.59. The van der Waals surface area contributed by atoms with E-state index >= 15 is 0 Å². The average Bonchev–Trinajstić information content (AvgIpc) is 3.19. The van der Waals surface area contributed by atoms with Gasteiger partial charge in [0.25, 0.3) is 0 Å². The van der Waals surface area contributed by atoms with Gasteiger partial charge in [-0.2, -0.15) is 9.52 Å². The normalized spacial score (nSPS) is 16.7. The molecule has 0 aliphatic carbocycles. The number of rotatable bonds is 5. The van der Waals surface area contributed by atoms with Crippen LogP contribution in [0.2, 0.25) is 0 Å². The summed E-state index contributed by atoms with van der Waals surface area (Å²) in [5, 5.41) is 4.43. The molecule has 150 valence electrons. The molecule has 0 saturated heterocycles. The summed E-state index contributed by atoms with van der Waals surface area (Å²) in [6, 6.07) is 10.5. The molecule has 2 aromatic carbocycles. The lowest BCUT2D eigenvalue weighted by atomic mass is 9.98. The summed E-state index contributed by atoms with van der Waals surface area (Å²) < 4.78 is 36.7. The third-order valence-corrected chi connectivity index (χ3v) is 5.82. The van der Waals surface area contributed by atoms with E-state index < -0.39 is 16.1 Å². The molecule has 0 radical (unpaired) electrons. The Labute approximate surface area is 168 Å². The van der Waals surface area contributed by atoms with Crippen molar-refractivity contribution in [3.8, 4) is 11.5 Å². The van der Waals surface area contributed by atoms with Crippen LogP contribution in [0.3, 0.4) is 0 Å². The van der Waals surface area contributed by atoms with E-state index in [0.29, 0.717) is 29.1 Å². The molecule has 1 atom stereocenters. The van der Waals surface area contributed by atoms with Gasteiger partial charge in [0, 0.05) is 24.4 Å². The minimum Gasteiger partial charge on any atom is -0.493 e. The molecular weight excluding hydrogens is 392 g/mol. The van der Waals surface area contributed by atoms with Gasteiger partial charge < -0.3 is 9.47 Å². The van der Waals surface area contributed by atoms with E-state index in [9.17, 15) is 8.42 Å². The highest BCUT2D eigenvalue weighted by Gasteiger charge is 2.35. The highest BCUT2D eigenvalue weighted by atomic mass is 32.2. The first-order chi connectivity index (χ1) is 13.9. The summed E-state index contributed by atoms with van der Waals surface area (Å²) >= 11 is 0. The highest BCUT2D eigenvalue weighted by molar-refractivity contribution is 7.88. The number of hydrazone groups is 1. The smallest absolute Gasteiger partial charge is 0.247 e. The molecule has 8 nitrogen and oxygen atoms in total. The van der Waals surface area contributed by atoms with Crippen molar-refractivity contribution in [3.63, 3.8) is 0 Å². The van der Waals surface area contributed by atoms with Crippen LogP contribution in [0, 0.1) is 0 Å². The zero-order valence-electron chi connectivity index (χ0n) is 16.2. The van der Waals surface area contributed by atoms with E-state index in [4.69, 9.17) is 9.47 Å². The maximum atomic E-state index is 12.4. The zero-order valence-corrected chi connectivity index (χ0v) is 17.0. The summed E-state index contributed by atoms with van der Waals surface area (Å²) in [5.74, 6) is 1.16. The fourth-order valence-electron chi connectivity index (χ4n) is 3.42. The van der Waals surface area contributed by atoms with Gasteiger partial charge in [0.1, 0.15) is 0 Å². The number of ether oxygens (including phenoxy) is 2. The Morgan fingerprint density at radius 1 is 0.966 bits per heavy atom. The van der Waals surface area contributed by atoms with E-state index in [1.807, 2.05) is 24.3 Å². The minimum absolute atomic E-state index is 0.425. The summed E-state index contributed by atoms with van der Waals surface area (Å²) in [6.45, 7) is 0. The number of methoxy groups -OCH3 is 2. The Hall–Kier alpha value is -3.20. The molecule has 1 unspecified atom stereocenters. The Kier molecular flexibility index (Phi) is 4.83. The molecule has 0 N–H and O–H groups in total. The number of nitrogens with zero attached hydrogens (tertiary/aromatic N) is 4. The monoisotopic (exact) mass is 412 g/mol. The van der Waals surface area contributed by atoms with Gasteiger partial charge >= 0.3 is 0 Å². The number of benzene rings is 2. The van der Waals surface area contributed by atoms with Crippen LogP contribution in [0.25, 0.3) is 11.0 Å². The minimum atomic E-state index is -3.57. The Bertz CT molecular complexity index is 1210. The van der Waals surface area contributed by atoms with Gasteiger partial charge in [0.15, 0.2) is 11.5 Å². The molecule has 29 heavy (non-hydrogen) atoms. The van der Waals surface area contributed by atoms with Crippen LogP contribution < -0.4 is 9.47 Å². The van der Waals surface area contributed by atoms with Crippen LogP contribution in [0.4, 0.5) is 0 Å². The highest BCUT2D eigenvalue weighted by Crippen LogP contribution is 2.37. The van der Waals surface area contributed by atoms with E-state index in [2.05, 4.69) is 15.1 Å². The summed E-state index contributed by atoms with van der Waals surface area (Å²) in [5.41, 5.74) is 3.70. The van der Waals surface area contributed by atoms with Crippen LogP contribution in [-0.2, 0) is 10.0 Å². The molecule has 1 aliphatic rings. The molecule has 2 heterocycles. The molecule has 0 amide bonds. The van der Waals surface area contributed by atoms with Crippen molar-refractivity contribution >= 4 is 26.8 Å². The topological polar surface area (TPSA) is 94.0 Å². The van der Waals surface area contributed by atoms with Gasteiger partial charge in [0.05, 0.1) is 43.3 Å². The number of hydrogen-bond acceptors (Lipinski definition) is 7. The first-order valence-electron chi connectivity index (χ1n) is 8.90. The van der Waals surface area contributed by atoms with Crippen molar-refractivity contribution in [3.05, 3.63) is 59.9 Å². The zero-order chi connectivity index (χ0) is 20.6. The van der Waals surface area contributed by atoms with Crippen LogP contribution in [0.1, 0.15) is 23.6 Å². The largest absolute Gasteiger partial charge is 0.493 e. The fourth-order valence-corrected chi connectivity index (χ4v) is 4.33. The molecule has 3 aromatic rings. The molecule has 4 rings (SSSR count). The number of fused-ring (bicyclic) bond motifs is 1. The van der Waals surface area contributed by atoms with Crippen LogP contribution in [-0.4, -0.2) is 49.0 Å². The maximum Gasteiger partial charge on any atom is 0.247 e. The van der Waals surface area contributed by atoms with E-state index in [1.165, 1.54) is 0 Å². The van der Waals surface area contributed by atoms with Crippen molar-refractivity contribution in [1.82, 2.24) is 14.4 Å². The third-order valence-electron chi connectivity index (χ3n) is 4.81. The predicted octanol–water partition coefficient (Wildman–Crippen LogP) is 2.76. The van der Waals surface area contributed by atoms with Gasteiger partial charge in [-0.15, -0.1) is 0 Å². The summed E-state index contributed by atoms with van der Waals surface area (Å²) in [6.07, 6.45) is 4.82. The van der Waals surface area contributed by atoms with Crippen LogP contribution >= 0.6 is 0 Å². The second kappa shape index (κ2) is 7.32. The third kappa shape index (κ3) is 3.61. The van der Waals surface area contributed by atoms with Gasteiger partial charge in [-0.1, -0.05) is 6.07 Å². The SMILES string of the molecule is COc1ccc(C2=NN(S(C)(=O)=O)C(c3ccc4nccnc4c3)C2)cc1OC. The predicted molar refractivity (Wildman–Crippen MR) is 110 cm³/mol. The molecule has 1 aromatic heterocycles. The van der Waals surface area contributed by atoms with Crippen molar-refractivity contribution < 1.29 is 17.9 Å². The number of sulfonamides is 1. The van der Waals surface area contributed by atoms with Crippen molar-refractivity contribution in [1.29, 1.82) is 0 Å². The van der Waals surface area contributed by atoms with Crippen molar-refractivity contribution in [2.45, 2.75) is 12.5 Å². The van der Waals surface area contributed by atoms with E-state index in [1.54, 1.807) is 38.7 Å². The first-order valence-corrected chi connectivity index (χ1v) is 10.8. The maximum absolute atomic E-state index is 12.4. The van der Waals surface area contributed by atoms with Crippen LogP contribution in [0.5, 0.6) is 11.5 Å². The molecule has 9 heteroatoms. The van der Waals surface area contributed by atoms with E-state index in [0.717, 1.165) is 27.3 Å². The lowest BCUT2D eigenvalue weighted by Crippen LogP contribution is -2.25. The van der Waals surface area contributed by atoms with Gasteiger partial charge in [-0.05, 0) is 35.9 Å². The molecule has 0 spiro atoms. The second-order valence-corrected chi connectivity index (χ2v) is 8.52. The second-order valence-electron chi connectivity index (χ2n) is 6.68. The van der Waals surface area contributed by atoms with Gasteiger partial charge in [-0.25, -0.2) is 8.42 Å². The molecule has 1 aliphatic heterocycles. The standard InChI is InChI=1S/C20H20N4O4S/c1-27-19-7-5-13(11-20(19)28-2)16-12-18(24(23-16)29(3,25)26)14-4-6-15-17(10-14)22-9-8-21-15/h4-11,18H,12H2,1-3H3. The Morgan fingerprint density at radius 3 is 2.38 bits per heavy atom. The molecule has 0 fully saturated rings. The summed E-state index contributed by atoms with van der Waals surface area (Å²) in [7, 11) is -0.449. The van der Waals surface area contributed by atoms with Gasteiger partial charge in [0.2, 0.25) is 10.0 Å². The number of aromatic nitrogens is 2. The molecule has 0 saturated carbocycles. The van der Waals surface area contributed by atoms with Gasteiger partial charge in [-0.3, -0.25) is 9.97 Å². The Balaban J connectivity index is 1.75. The van der Waals surface area contributed by atoms with Crippen molar-refractivity contribution in [2.75, 3.05) is 20.5 Å². The lowest BCUT2D eigenvalue weighted by molar-refractivity contribution is 0.355. The average molecular weight is 412 g/mol. The quantitative estimate of drug-likeness (QED) is 0.640. The van der Waals surface area contributed by atoms with Crippen LogP contribution in [0.15, 0.2) is 53.9 Å². The van der Waals surface area contributed by atoms with Crippen molar-refractivity contribution in [2.24, 2.45) is 5.10 Å². The fraction of sp³-hybridized carbons (Fsp3) is 0.250. The first kappa shape index (κ1) is 19.1.